The third kappa shape index (κ3) is 6.24. The molecule has 0 N–H and O–H groups in total. The highest BCUT2D eigenvalue weighted by atomic mass is 127. The monoisotopic (exact) mass is 866 g/mol. The Kier molecular flexibility index (Phi) is 9.08. The first kappa shape index (κ1) is 25.0. The molecule has 0 amide bonds. The van der Waals surface area contributed by atoms with Crippen molar-refractivity contribution in [3.63, 3.8) is 0 Å². The van der Waals surface area contributed by atoms with Gasteiger partial charge in [-0.05, 0) is 164 Å². The third-order valence-corrected chi connectivity index (χ3v) is 9.72. The average molecular weight is 866 g/mol. The highest BCUT2D eigenvalue weighted by Gasteiger charge is 2.39. The Morgan fingerprint density at radius 3 is 2.07 bits per heavy atom. The number of hydrogen-bond acceptors (Lipinski definition) is 2. The van der Waals surface area contributed by atoms with E-state index in [4.69, 9.17) is 4.74 Å². The van der Waals surface area contributed by atoms with Crippen LogP contribution in [-0.4, -0.2) is 5.25 Å². The third-order valence-electron chi connectivity index (χ3n) is 5.27. The Morgan fingerprint density at radius 1 is 0.897 bits per heavy atom. The fourth-order valence-electron chi connectivity index (χ4n) is 3.60. The van der Waals surface area contributed by atoms with Crippen LogP contribution in [0.5, 0.6) is 5.75 Å². The molecule has 2 atom stereocenters. The minimum Gasteiger partial charge on any atom is -0.429 e. The second kappa shape index (κ2) is 10.5. The average Bonchev–Trinajstić information content (AvgIpc) is 2.83. The maximum absolute atomic E-state index is 15.2. The van der Waals surface area contributed by atoms with E-state index in [1.165, 1.54) is 0 Å². The summed E-state index contributed by atoms with van der Waals surface area (Å²) < 4.78 is 38.5. The SMILES string of the molecule is Cc1c(I)cc(OC(F)(F)c2c(I)cc(C3CCCC(S)CC3)cc2I)cc1I. The van der Waals surface area contributed by atoms with E-state index in [-0.39, 0.29) is 11.3 Å². The molecule has 0 saturated heterocycles. The predicted molar refractivity (Wildman–Crippen MR) is 152 cm³/mol. The molecule has 3 rings (SSSR count). The van der Waals surface area contributed by atoms with Crippen molar-refractivity contribution in [2.45, 2.75) is 56.3 Å². The Labute approximate surface area is 230 Å². The molecule has 0 spiro atoms. The zero-order chi connectivity index (χ0) is 21.3. The molecule has 2 unspecified atom stereocenters. The van der Waals surface area contributed by atoms with E-state index >= 15 is 8.78 Å². The first-order chi connectivity index (χ1) is 13.6. The summed E-state index contributed by atoms with van der Waals surface area (Å²) in [5.74, 6) is 0.603. The standard InChI is InChI=1S/C21H20F2I4OS/c1-11-16(24)9-14(10-17(11)25)28-21(22,23)20-18(26)7-13(8-19(20)27)12-3-2-4-15(29)6-5-12/h7-10,12,15,29H,2-6H2,1H3. The van der Waals surface area contributed by atoms with Gasteiger partial charge in [-0.3, -0.25) is 0 Å². The lowest BCUT2D eigenvalue weighted by Gasteiger charge is -2.23. The van der Waals surface area contributed by atoms with Crippen LogP contribution in [0.1, 0.15) is 54.7 Å². The predicted octanol–water partition coefficient (Wildman–Crippen LogP) is 8.89. The van der Waals surface area contributed by atoms with Crippen molar-refractivity contribution in [2.75, 3.05) is 0 Å². The van der Waals surface area contributed by atoms with Crippen LogP contribution in [0.2, 0.25) is 0 Å². The molecule has 0 aromatic heterocycles. The lowest BCUT2D eigenvalue weighted by atomic mass is 9.91. The molecule has 1 saturated carbocycles. The number of ether oxygens (including phenoxy) is 1. The summed E-state index contributed by atoms with van der Waals surface area (Å²) in [6, 6.07) is 7.17. The molecular weight excluding hydrogens is 846 g/mol. The second-order valence-corrected chi connectivity index (χ2v) is 12.7. The van der Waals surface area contributed by atoms with Gasteiger partial charge in [0.2, 0.25) is 0 Å². The minimum absolute atomic E-state index is 0.0475. The molecule has 0 radical (unpaired) electrons. The first-order valence-corrected chi connectivity index (χ1v) is 14.1. The van der Waals surface area contributed by atoms with Crippen LogP contribution in [-0.2, 0) is 6.11 Å². The Balaban J connectivity index is 1.89. The molecule has 0 bridgehead atoms. The van der Waals surface area contributed by atoms with Crippen molar-refractivity contribution < 1.29 is 13.5 Å². The summed E-state index contributed by atoms with van der Waals surface area (Å²) in [6.07, 6.45) is 2.10. The zero-order valence-corrected chi connectivity index (χ0v) is 25.1. The van der Waals surface area contributed by atoms with E-state index < -0.39 is 6.11 Å². The molecule has 0 aliphatic heterocycles. The molecule has 1 aliphatic carbocycles. The highest BCUT2D eigenvalue weighted by molar-refractivity contribution is 14.1. The van der Waals surface area contributed by atoms with E-state index in [0.717, 1.165) is 50.4 Å². The second-order valence-electron chi connectivity index (χ2n) is 7.35. The van der Waals surface area contributed by atoms with Gasteiger partial charge in [-0.2, -0.15) is 21.4 Å². The van der Waals surface area contributed by atoms with Crippen molar-refractivity contribution in [3.8, 4) is 5.75 Å². The van der Waals surface area contributed by atoms with Crippen LogP contribution in [0, 0.1) is 21.2 Å². The van der Waals surface area contributed by atoms with Gasteiger partial charge in [0.05, 0.1) is 5.56 Å². The van der Waals surface area contributed by atoms with Gasteiger partial charge >= 0.3 is 6.11 Å². The number of hydrogen-bond donors (Lipinski definition) is 1. The van der Waals surface area contributed by atoms with Crippen molar-refractivity contribution in [3.05, 3.63) is 55.2 Å². The smallest absolute Gasteiger partial charge is 0.428 e. The van der Waals surface area contributed by atoms with Crippen LogP contribution < -0.4 is 4.74 Å². The fourth-order valence-corrected chi connectivity index (χ4v) is 8.09. The van der Waals surface area contributed by atoms with Gasteiger partial charge < -0.3 is 4.74 Å². The quantitative estimate of drug-likeness (QED) is 0.184. The molecule has 2 aromatic carbocycles. The molecule has 1 fully saturated rings. The Hall–Kier alpha value is 1.37. The van der Waals surface area contributed by atoms with Crippen LogP contribution in [0.4, 0.5) is 8.78 Å². The number of rotatable bonds is 4. The van der Waals surface area contributed by atoms with Crippen LogP contribution in [0.25, 0.3) is 0 Å². The topological polar surface area (TPSA) is 9.23 Å². The van der Waals surface area contributed by atoms with Crippen molar-refractivity contribution in [1.29, 1.82) is 0 Å². The maximum Gasteiger partial charge on any atom is 0.428 e. The van der Waals surface area contributed by atoms with Crippen LogP contribution >= 0.6 is 103 Å². The number of thiol groups is 1. The lowest BCUT2D eigenvalue weighted by molar-refractivity contribution is -0.186. The van der Waals surface area contributed by atoms with Gasteiger partial charge in [0.1, 0.15) is 5.75 Å². The largest absolute Gasteiger partial charge is 0.429 e. The molecule has 2 aromatic rings. The number of benzene rings is 2. The van der Waals surface area contributed by atoms with Gasteiger partial charge in [-0.15, -0.1) is 0 Å². The molecular formula is C21H20F2I4OS. The first-order valence-electron chi connectivity index (χ1n) is 9.28. The summed E-state index contributed by atoms with van der Waals surface area (Å²) >= 11 is 13.0. The van der Waals surface area contributed by atoms with Crippen molar-refractivity contribution in [1.82, 2.24) is 0 Å². The summed E-state index contributed by atoms with van der Waals surface area (Å²) in [4.78, 5) is 0. The summed E-state index contributed by atoms with van der Waals surface area (Å²) in [5, 5.41) is 0.454. The van der Waals surface area contributed by atoms with E-state index in [1.807, 2.05) is 64.2 Å². The molecule has 29 heavy (non-hydrogen) atoms. The summed E-state index contributed by atoms with van der Waals surface area (Å²) in [6.45, 7) is 1.97. The Morgan fingerprint density at radius 2 is 1.48 bits per heavy atom. The molecule has 0 heterocycles. The normalized spacial score (nSPS) is 20.4. The fraction of sp³-hybridized carbons (Fsp3) is 0.429. The van der Waals surface area contributed by atoms with E-state index in [9.17, 15) is 0 Å². The molecule has 1 aliphatic rings. The van der Waals surface area contributed by atoms with Gasteiger partial charge in [-0.1, -0.05) is 6.42 Å². The molecule has 8 heteroatoms. The van der Waals surface area contributed by atoms with E-state index in [2.05, 4.69) is 57.8 Å². The van der Waals surface area contributed by atoms with Crippen molar-refractivity contribution >= 4 is 103 Å². The van der Waals surface area contributed by atoms with E-state index in [0.29, 0.717) is 18.3 Å². The van der Waals surface area contributed by atoms with Gasteiger partial charge in [0, 0.05) is 19.5 Å². The number of halogens is 6. The van der Waals surface area contributed by atoms with E-state index in [1.54, 1.807) is 12.1 Å². The zero-order valence-electron chi connectivity index (χ0n) is 15.6. The van der Waals surface area contributed by atoms with Gasteiger partial charge in [-0.25, -0.2) is 0 Å². The van der Waals surface area contributed by atoms with Gasteiger partial charge in [0.15, 0.2) is 0 Å². The van der Waals surface area contributed by atoms with Crippen LogP contribution in [0.15, 0.2) is 24.3 Å². The summed E-state index contributed by atoms with van der Waals surface area (Å²) in [5.41, 5.74) is 2.18. The highest BCUT2D eigenvalue weighted by Crippen LogP contribution is 2.41. The molecule has 1 nitrogen and oxygen atoms in total. The van der Waals surface area contributed by atoms with Crippen molar-refractivity contribution in [2.24, 2.45) is 0 Å². The Bertz CT molecular complexity index is 860. The lowest BCUT2D eigenvalue weighted by Crippen LogP contribution is -2.25. The maximum atomic E-state index is 15.2. The molecule has 158 valence electrons. The van der Waals surface area contributed by atoms with Crippen LogP contribution in [0.3, 0.4) is 0 Å². The summed E-state index contributed by atoms with van der Waals surface area (Å²) in [7, 11) is 0. The van der Waals surface area contributed by atoms with Gasteiger partial charge in [0.25, 0.3) is 0 Å². The number of alkyl halides is 2. The minimum atomic E-state index is -3.40.